The van der Waals surface area contributed by atoms with Gasteiger partial charge in [0.1, 0.15) is 11.6 Å². The van der Waals surface area contributed by atoms with Gasteiger partial charge in [-0.1, -0.05) is 12.1 Å². The summed E-state index contributed by atoms with van der Waals surface area (Å²) < 4.78 is 57.0. The quantitative estimate of drug-likeness (QED) is 0.718. The summed E-state index contributed by atoms with van der Waals surface area (Å²) in [5.74, 6) is -0.151. The highest BCUT2D eigenvalue weighted by Gasteiger charge is 2.30. The van der Waals surface area contributed by atoms with E-state index >= 15 is 0 Å². The molecule has 0 unspecified atom stereocenters. The van der Waals surface area contributed by atoms with Crippen molar-refractivity contribution in [1.82, 2.24) is 0 Å². The first-order chi connectivity index (χ1) is 9.32. The van der Waals surface area contributed by atoms with Gasteiger partial charge in [-0.25, -0.2) is 4.39 Å². The van der Waals surface area contributed by atoms with Gasteiger partial charge in [-0.2, -0.15) is 13.2 Å². The first-order valence-electron chi connectivity index (χ1n) is 5.84. The normalized spacial score (nSPS) is 11.5. The first-order valence-corrected chi connectivity index (χ1v) is 5.84. The van der Waals surface area contributed by atoms with E-state index in [0.29, 0.717) is 11.3 Å². The summed E-state index contributed by atoms with van der Waals surface area (Å²) in [7, 11) is 1.43. The zero-order valence-electron chi connectivity index (χ0n) is 10.9. The summed E-state index contributed by atoms with van der Waals surface area (Å²) >= 11 is 0. The molecule has 0 aliphatic carbocycles. The number of aryl methyl sites for hydroxylation is 1. The Morgan fingerprint density at radius 1 is 1.05 bits per heavy atom. The third-order valence-electron chi connectivity index (χ3n) is 2.99. The van der Waals surface area contributed by atoms with Gasteiger partial charge in [0.15, 0.2) is 0 Å². The van der Waals surface area contributed by atoms with Gasteiger partial charge < -0.3 is 4.74 Å². The second-order valence-electron chi connectivity index (χ2n) is 4.38. The van der Waals surface area contributed by atoms with E-state index in [2.05, 4.69) is 0 Å². The van der Waals surface area contributed by atoms with Gasteiger partial charge in [-0.3, -0.25) is 0 Å². The summed E-state index contributed by atoms with van der Waals surface area (Å²) in [6, 6.07) is 7.21. The second-order valence-corrected chi connectivity index (χ2v) is 4.38. The largest absolute Gasteiger partial charge is 0.496 e. The molecule has 0 fully saturated rings. The molecule has 0 aliphatic rings. The van der Waals surface area contributed by atoms with E-state index in [1.807, 2.05) is 0 Å². The lowest BCUT2D eigenvalue weighted by atomic mass is 10.0. The number of halogens is 4. The van der Waals surface area contributed by atoms with Crippen molar-refractivity contribution in [1.29, 1.82) is 0 Å². The lowest BCUT2D eigenvalue weighted by Crippen LogP contribution is -2.04. The summed E-state index contributed by atoms with van der Waals surface area (Å²) in [5, 5.41) is 0. The van der Waals surface area contributed by atoms with Gasteiger partial charge in [0, 0.05) is 5.56 Å². The molecule has 0 N–H and O–H groups in total. The minimum absolute atomic E-state index is 0.0820. The lowest BCUT2D eigenvalue weighted by Gasteiger charge is -2.12. The molecule has 0 saturated carbocycles. The highest BCUT2D eigenvalue weighted by molar-refractivity contribution is 5.67. The van der Waals surface area contributed by atoms with Crippen LogP contribution >= 0.6 is 0 Å². The number of alkyl halides is 3. The molecule has 0 radical (unpaired) electrons. The Morgan fingerprint density at radius 3 is 2.35 bits per heavy atom. The number of hydrogen-bond donors (Lipinski definition) is 0. The van der Waals surface area contributed by atoms with Crippen molar-refractivity contribution in [2.45, 2.75) is 13.1 Å². The molecule has 20 heavy (non-hydrogen) atoms. The van der Waals surface area contributed by atoms with Crippen molar-refractivity contribution in [3.8, 4) is 16.9 Å². The molecule has 0 heterocycles. The summed E-state index contributed by atoms with van der Waals surface area (Å²) in [6.45, 7) is 1.66. The van der Waals surface area contributed by atoms with Gasteiger partial charge >= 0.3 is 6.18 Å². The summed E-state index contributed by atoms with van der Waals surface area (Å²) in [5.41, 5.74) is 0.0174. The highest BCUT2D eigenvalue weighted by atomic mass is 19.4. The molecule has 106 valence electrons. The van der Waals surface area contributed by atoms with Crippen molar-refractivity contribution in [3.05, 3.63) is 53.3 Å². The maximum Gasteiger partial charge on any atom is 0.416 e. The van der Waals surface area contributed by atoms with Crippen LogP contribution in [0.4, 0.5) is 17.6 Å². The van der Waals surface area contributed by atoms with Crippen molar-refractivity contribution < 1.29 is 22.3 Å². The van der Waals surface area contributed by atoms with Crippen LogP contribution in [-0.2, 0) is 6.18 Å². The van der Waals surface area contributed by atoms with Gasteiger partial charge in [-0.15, -0.1) is 0 Å². The highest BCUT2D eigenvalue weighted by Crippen LogP contribution is 2.34. The van der Waals surface area contributed by atoms with Crippen LogP contribution in [-0.4, -0.2) is 7.11 Å². The van der Waals surface area contributed by atoms with Crippen LogP contribution in [0.3, 0.4) is 0 Å². The van der Waals surface area contributed by atoms with Crippen molar-refractivity contribution >= 4 is 0 Å². The molecule has 0 aromatic heterocycles. The van der Waals surface area contributed by atoms with Crippen LogP contribution in [0.5, 0.6) is 5.75 Å². The van der Waals surface area contributed by atoms with Crippen LogP contribution < -0.4 is 4.74 Å². The Balaban J connectivity index is 2.57. The smallest absolute Gasteiger partial charge is 0.416 e. The molecular weight excluding hydrogens is 272 g/mol. The molecule has 0 saturated heterocycles. The maximum atomic E-state index is 13.9. The lowest BCUT2D eigenvalue weighted by molar-refractivity contribution is -0.137. The Labute approximate surface area is 113 Å². The van der Waals surface area contributed by atoms with Gasteiger partial charge in [0.2, 0.25) is 0 Å². The first kappa shape index (κ1) is 14.4. The van der Waals surface area contributed by atoms with E-state index in [0.717, 1.165) is 12.1 Å². The fourth-order valence-corrected chi connectivity index (χ4v) is 1.96. The van der Waals surface area contributed by atoms with E-state index in [9.17, 15) is 17.6 Å². The van der Waals surface area contributed by atoms with Crippen molar-refractivity contribution in [2.75, 3.05) is 7.11 Å². The fraction of sp³-hybridized carbons (Fsp3) is 0.200. The van der Waals surface area contributed by atoms with Crippen LogP contribution in [0, 0.1) is 12.7 Å². The summed E-state index contributed by atoms with van der Waals surface area (Å²) in [6.07, 6.45) is -4.46. The SMILES string of the molecule is COc1cc(-c2cccc(C(F)(F)F)c2)c(F)cc1C. The zero-order chi connectivity index (χ0) is 14.9. The predicted molar refractivity (Wildman–Crippen MR) is 68.1 cm³/mol. The fourth-order valence-electron chi connectivity index (χ4n) is 1.96. The molecule has 0 aliphatic heterocycles. The second kappa shape index (κ2) is 5.15. The monoisotopic (exact) mass is 284 g/mol. The summed E-state index contributed by atoms with van der Waals surface area (Å²) in [4.78, 5) is 0. The molecular formula is C15H12F4O. The Bertz CT molecular complexity index is 632. The molecule has 2 aromatic carbocycles. The van der Waals surface area contributed by atoms with E-state index in [4.69, 9.17) is 4.74 Å². The molecule has 2 aromatic rings. The third kappa shape index (κ3) is 2.76. The van der Waals surface area contributed by atoms with Crippen LogP contribution in [0.2, 0.25) is 0 Å². The number of rotatable bonds is 2. The Hall–Kier alpha value is -2.04. The van der Waals surface area contributed by atoms with E-state index in [1.165, 1.54) is 31.4 Å². The van der Waals surface area contributed by atoms with Crippen molar-refractivity contribution in [2.24, 2.45) is 0 Å². The number of benzene rings is 2. The average molecular weight is 284 g/mol. The van der Waals surface area contributed by atoms with Gasteiger partial charge in [0.25, 0.3) is 0 Å². The van der Waals surface area contributed by atoms with E-state index < -0.39 is 17.6 Å². The van der Waals surface area contributed by atoms with Crippen LogP contribution in [0.1, 0.15) is 11.1 Å². The van der Waals surface area contributed by atoms with Crippen LogP contribution in [0.15, 0.2) is 36.4 Å². The number of hydrogen-bond acceptors (Lipinski definition) is 1. The number of methoxy groups -OCH3 is 1. The van der Waals surface area contributed by atoms with Crippen LogP contribution in [0.25, 0.3) is 11.1 Å². The molecule has 0 spiro atoms. The predicted octanol–water partition coefficient (Wildman–Crippen LogP) is 4.83. The minimum atomic E-state index is -4.46. The molecule has 0 atom stereocenters. The topological polar surface area (TPSA) is 9.23 Å². The zero-order valence-corrected chi connectivity index (χ0v) is 10.9. The molecule has 5 heteroatoms. The minimum Gasteiger partial charge on any atom is -0.496 e. The average Bonchev–Trinajstić information content (AvgIpc) is 2.38. The standard InChI is InChI=1S/C15H12F4O/c1-9-6-13(16)12(8-14(9)20-2)10-4-3-5-11(7-10)15(17,18)19/h3-8H,1-2H3. The third-order valence-corrected chi connectivity index (χ3v) is 2.99. The maximum absolute atomic E-state index is 13.9. The molecule has 2 rings (SSSR count). The van der Waals surface area contributed by atoms with E-state index in [-0.39, 0.29) is 11.1 Å². The van der Waals surface area contributed by atoms with Crippen molar-refractivity contribution in [3.63, 3.8) is 0 Å². The Kier molecular flexibility index (Phi) is 3.70. The number of ether oxygens (including phenoxy) is 1. The molecule has 0 bridgehead atoms. The molecule has 0 amide bonds. The molecule has 1 nitrogen and oxygen atoms in total. The van der Waals surface area contributed by atoms with Gasteiger partial charge in [-0.05, 0) is 42.3 Å². The van der Waals surface area contributed by atoms with Gasteiger partial charge in [0.05, 0.1) is 12.7 Å². The Morgan fingerprint density at radius 2 is 1.75 bits per heavy atom. The van der Waals surface area contributed by atoms with E-state index in [1.54, 1.807) is 6.92 Å².